The number of benzene rings is 1. The number of rotatable bonds is 4. The van der Waals surface area contributed by atoms with Gasteiger partial charge >= 0.3 is 0 Å². The van der Waals surface area contributed by atoms with Crippen LogP contribution in [-0.4, -0.2) is 18.0 Å². The summed E-state index contributed by atoms with van der Waals surface area (Å²) in [6, 6.07) is 7.71. The van der Waals surface area contributed by atoms with Crippen LogP contribution in [0.25, 0.3) is 11.3 Å². The predicted molar refractivity (Wildman–Crippen MR) is 67.7 cm³/mol. The summed E-state index contributed by atoms with van der Waals surface area (Å²) in [4.78, 5) is 4.34. The molecule has 0 fully saturated rings. The Labute approximate surface area is 105 Å². The Balaban J connectivity index is 2.31. The van der Waals surface area contributed by atoms with E-state index in [1.807, 2.05) is 31.2 Å². The smallest absolute Gasteiger partial charge is 0.196 e. The standard InChI is InChI=1S/C13H14ClNO2/c1-9-13(17-12(15-9)7-8-14)10-3-5-11(16-2)6-4-10/h3-6H,7-8H2,1-2H3. The van der Waals surface area contributed by atoms with Gasteiger partial charge in [-0.1, -0.05) is 0 Å². The Kier molecular flexibility index (Phi) is 3.69. The molecular formula is C13H14ClNO2. The summed E-state index contributed by atoms with van der Waals surface area (Å²) in [5.74, 6) is 2.82. The number of alkyl halides is 1. The molecule has 0 amide bonds. The second-order valence-electron chi connectivity index (χ2n) is 3.69. The van der Waals surface area contributed by atoms with Gasteiger partial charge < -0.3 is 9.15 Å². The van der Waals surface area contributed by atoms with Crippen LogP contribution in [-0.2, 0) is 6.42 Å². The van der Waals surface area contributed by atoms with Crippen LogP contribution >= 0.6 is 11.6 Å². The number of hydrogen-bond acceptors (Lipinski definition) is 3. The summed E-state index contributed by atoms with van der Waals surface area (Å²) in [5.41, 5.74) is 1.88. The maximum Gasteiger partial charge on any atom is 0.196 e. The second-order valence-corrected chi connectivity index (χ2v) is 4.07. The van der Waals surface area contributed by atoms with Crippen LogP contribution in [0.4, 0.5) is 0 Å². The van der Waals surface area contributed by atoms with Gasteiger partial charge in [0.05, 0.1) is 12.8 Å². The summed E-state index contributed by atoms with van der Waals surface area (Å²) in [5, 5.41) is 0. The first kappa shape index (κ1) is 12.0. The zero-order valence-electron chi connectivity index (χ0n) is 9.87. The third-order valence-electron chi connectivity index (χ3n) is 2.50. The third kappa shape index (κ3) is 2.61. The number of halogens is 1. The lowest BCUT2D eigenvalue weighted by Crippen LogP contribution is -1.84. The van der Waals surface area contributed by atoms with E-state index in [-0.39, 0.29) is 0 Å². The molecule has 0 unspecified atom stereocenters. The van der Waals surface area contributed by atoms with E-state index < -0.39 is 0 Å². The van der Waals surface area contributed by atoms with E-state index in [4.69, 9.17) is 20.8 Å². The van der Waals surface area contributed by atoms with Crippen molar-refractivity contribution >= 4 is 11.6 Å². The SMILES string of the molecule is COc1ccc(-c2oc(CCCl)nc2C)cc1. The zero-order valence-corrected chi connectivity index (χ0v) is 10.6. The fourth-order valence-electron chi connectivity index (χ4n) is 1.65. The molecule has 0 spiro atoms. The topological polar surface area (TPSA) is 35.3 Å². The lowest BCUT2D eigenvalue weighted by atomic mass is 10.1. The van der Waals surface area contributed by atoms with Crippen molar-refractivity contribution in [2.45, 2.75) is 13.3 Å². The Morgan fingerprint density at radius 3 is 2.59 bits per heavy atom. The average Bonchev–Trinajstić information content (AvgIpc) is 2.71. The van der Waals surface area contributed by atoms with E-state index in [2.05, 4.69) is 4.98 Å². The molecule has 0 bridgehead atoms. The molecule has 2 aromatic rings. The van der Waals surface area contributed by atoms with Gasteiger partial charge in [0.1, 0.15) is 5.75 Å². The van der Waals surface area contributed by atoms with Crippen molar-refractivity contribution in [1.82, 2.24) is 4.98 Å². The monoisotopic (exact) mass is 251 g/mol. The number of hydrogen-bond donors (Lipinski definition) is 0. The van der Waals surface area contributed by atoms with E-state index in [9.17, 15) is 0 Å². The molecule has 90 valence electrons. The van der Waals surface area contributed by atoms with Crippen molar-refractivity contribution in [3.63, 3.8) is 0 Å². The molecule has 0 radical (unpaired) electrons. The minimum absolute atomic E-state index is 0.516. The summed E-state index contributed by atoms with van der Waals surface area (Å²) in [7, 11) is 1.65. The van der Waals surface area contributed by atoms with Crippen LogP contribution < -0.4 is 4.74 Å². The van der Waals surface area contributed by atoms with E-state index in [0.717, 1.165) is 22.8 Å². The zero-order chi connectivity index (χ0) is 12.3. The lowest BCUT2D eigenvalue weighted by Gasteiger charge is -2.01. The summed E-state index contributed by atoms with van der Waals surface area (Å²) in [6.07, 6.45) is 0.651. The van der Waals surface area contributed by atoms with Crippen LogP contribution in [0.5, 0.6) is 5.75 Å². The molecule has 0 saturated heterocycles. The fourth-order valence-corrected chi connectivity index (χ4v) is 1.81. The number of nitrogens with zero attached hydrogens (tertiary/aromatic N) is 1. The molecule has 1 heterocycles. The molecule has 0 atom stereocenters. The van der Waals surface area contributed by atoms with Crippen molar-refractivity contribution in [1.29, 1.82) is 0 Å². The molecule has 0 saturated carbocycles. The second kappa shape index (κ2) is 5.23. The highest BCUT2D eigenvalue weighted by molar-refractivity contribution is 6.17. The summed E-state index contributed by atoms with van der Waals surface area (Å²) < 4.78 is 10.8. The van der Waals surface area contributed by atoms with Gasteiger partial charge in [0, 0.05) is 17.9 Å². The average molecular weight is 252 g/mol. The normalized spacial score (nSPS) is 10.5. The van der Waals surface area contributed by atoms with Crippen LogP contribution in [0.1, 0.15) is 11.6 Å². The van der Waals surface area contributed by atoms with Crippen molar-refractivity contribution in [2.75, 3.05) is 13.0 Å². The molecule has 0 aliphatic heterocycles. The predicted octanol–water partition coefficient (Wildman–Crippen LogP) is 3.44. The van der Waals surface area contributed by atoms with E-state index in [1.165, 1.54) is 0 Å². The van der Waals surface area contributed by atoms with Crippen molar-refractivity contribution in [3.05, 3.63) is 35.9 Å². The van der Waals surface area contributed by atoms with Gasteiger partial charge in [0.25, 0.3) is 0 Å². The van der Waals surface area contributed by atoms with Crippen molar-refractivity contribution < 1.29 is 9.15 Å². The van der Waals surface area contributed by atoms with Gasteiger partial charge in [0.15, 0.2) is 11.7 Å². The molecule has 0 aliphatic rings. The van der Waals surface area contributed by atoms with Crippen molar-refractivity contribution in [2.24, 2.45) is 0 Å². The van der Waals surface area contributed by atoms with Gasteiger partial charge in [-0.2, -0.15) is 0 Å². The highest BCUT2D eigenvalue weighted by atomic mass is 35.5. The molecule has 4 heteroatoms. The minimum Gasteiger partial charge on any atom is -0.497 e. The quantitative estimate of drug-likeness (QED) is 0.781. The maximum atomic E-state index is 5.68. The Morgan fingerprint density at radius 1 is 1.29 bits per heavy atom. The first-order valence-corrected chi connectivity index (χ1v) is 5.94. The number of aryl methyl sites for hydroxylation is 2. The summed E-state index contributed by atoms with van der Waals surface area (Å²) >= 11 is 5.67. The molecule has 17 heavy (non-hydrogen) atoms. The van der Waals surface area contributed by atoms with E-state index >= 15 is 0 Å². The van der Waals surface area contributed by atoms with Crippen molar-refractivity contribution in [3.8, 4) is 17.1 Å². The largest absolute Gasteiger partial charge is 0.497 e. The minimum atomic E-state index is 0.516. The highest BCUT2D eigenvalue weighted by Gasteiger charge is 2.11. The molecule has 1 aromatic heterocycles. The van der Waals surface area contributed by atoms with Gasteiger partial charge in [-0.25, -0.2) is 4.98 Å². The first-order valence-electron chi connectivity index (χ1n) is 5.41. The van der Waals surface area contributed by atoms with Gasteiger partial charge in [0.2, 0.25) is 0 Å². The van der Waals surface area contributed by atoms with Crippen LogP contribution in [0.3, 0.4) is 0 Å². The number of ether oxygens (including phenoxy) is 1. The van der Waals surface area contributed by atoms with Crippen LogP contribution in [0.15, 0.2) is 28.7 Å². The molecule has 1 aromatic carbocycles. The Bertz CT molecular complexity index is 491. The maximum absolute atomic E-state index is 5.68. The molecule has 0 aliphatic carbocycles. The number of oxazole rings is 1. The Hall–Kier alpha value is -1.48. The number of methoxy groups -OCH3 is 1. The number of aromatic nitrogens is 1. The summed E-state index contributed by atoms with van der Waals surface area (Å²) in [6.45, 7) is 1.93. The third-order valence-corrected chi connectivity index (χ3v) is 2.69. The van der Waals surface area contributed by atoms with Crippen LogP contribution in [0.2, 0.25) is 0 Å². The van der Waals surface area contributed by atoms with Crippen LogP contribution in [0, 0.1) is 6.92 Å². The highest BCUT2D eigenvalue weighted by Crippen LogP contribution is 2.26. The molecular weight excluding hydrogens is 238 g/mol. The molecule has 0 N–H and O–H groups in total. The van der Waals surface area contributed by atoms with E-state index in [1.54, 1.807) is 7.11 Å². The van der Waals surface area contributed by atoms with Gasteiger partial charge in [-0.3, -0.25) is 0 Å². The first-order chi connectivity index (χ1) is 8.24. The van der Waals surface area contributed by atoms with E-state index in [0.29, 0.717) is 18.2 Å². The van der Waals surface area contributed by atoms with Gasteiger partial charge in [-0.15, -0.1) is 11.6 Å². The van der Waals surface area contributed by atoms with Gasteiger partial charge in [-0.05, 0) is 31.2 Å². The fraction of sp³-hybridized carbons (Fsp3) is 0.308. The molecule has 3 nitrogen and oxygen atoms in total. The Morgan fingerprint density at radius 2 is 2.00 bits per heavy atom. The molecule has 2 rings (SSSR count). The lowest BCUT2D eigenvalue weighted by molar-refractivity contribution is 0.415.